The Morgan fingerprint density at radius 2 is 1.84 bits per heavy atom. The van der Waals surface area contributed by atoms with Gasteiger partial charge in [0, 0.05) is 10.9 Å². The van der Waals surface area contributed by atoms with Crippen molar-refractivity contribution >= 4 is 11.8 Å². The van der Waals surface area contributed by atoms with Crippen LogP contribution in [-0.2, 0) is 0 Å². The minimum atomic E-state index is 0.634. The smallest absolute Gasteiger partial charge is 0.00721 e. The summed E-state index contributed by atoms with van der Waals surface area (Å²) in [6.07, 6.45) is 6.91. The maximum Gasteiger partial charge on any atom is 0.00721 e. The van der Waals surface area contributed by atoms with Gasteiger partial charge in [0.15, 0.2) is 0 Å². The van der Waals surface area contributed by atoms with Crippen LogP contribution in [0.2, 0.25) is 0 Å². The summed E-state index contributed by atoms with van der Waals surface area (Å²) in [5.74, 6) is 1.86. The molecule has 0 radical (unpaired) electrons. The Morgan fingerprint density at radius 3 is 2.47 bits per heavy atom. The Hall–Kier alpha value is -0.470. The van der Waals surface area contributed by atoms with Gasteiger partial charge in [0.2, 0.25) is 0 Å². The van der Waals surface area contributed by atoms with Crippen LogP contribution in [0.25, 0.3) is 0 Å². The fourth-order valence-electron chi connectivity index (χ4n) is 2.65. The zero-order valence-electron chi connectivity index (χ0n) is 12.3. The highest BCUT2D eigenvalue weighted by atomic mass is 32.2. The molecule has 106 valence electrons. The van der Waals surface area contributed by atoms with Crippen LogP contribution in [0.1, 0.15) is 57.4 Å². The van der Waals surface area contributed by atoms with Crippen molar-refractivity contribution in [2.24, 2.45) is 0 Å². The van der Waals surface area contributed by atoms with E-state index in [1.165, 1.54) is 54.9 Å². The normalized spacial score (nSPS) is 16.4. The average molecular weight is 277 g/mol. The molecule has 0 spiro atoms. The zero-order chi connectivity index (χ0) is 13.5. The lowest BCUT2D eigenvalue weighted by atomic mass is 10.0. The van der Waals surface area contributed by atoms with E-state index in [2.05, 4.69) is 43.4 Å². The van der Waals surface area contributed by atoms with Crippen LogP contribution in [0, 0.1) is 0 Å². The highest BCUT2D eigenvalue weighted by molar-refractivity contribution is 7.99. The molecule has 0 heterocycles. The fourth-order valence-corrected chi connectivity index (χ4v) is 3.50. The first-order valence-corrected chi connectivity index (χ1v) is 8.70. The molecule has 1 saturated carbocycles. The number of benzene rings is 1. The molecule has 2 heteroatoms. The number of rotatable bonds is 7. The van der Waals surface area contributed by atoms with Crippen molar-refractivity contribution in [3.05, 3.63) is 29.8 Å². The Balaban J connectivity index is 1.59. The third-order valence-corrected chi connectivity index (χ3v) is 5.02. The van der Waals surface area contributed by atoms with Gasteiger partial charge < -0.3 is 5.32 Å². The molecule has 0 aromatic heterocycles. The fraction of sp³-hybridized carbons (Fsp3) is 0.647. The summed E-state index contributed by atoms with van der Waals surface area (Å²) >= 11 is 1.98. The Bertz CT molecular complexity index is 352. The van der Waals surface area contributed by atoms with E-state index in [9.17, 15) is 0 Å². The molecule has 1 nitrogen and oxygen atoms in total. The highest BCUT2D eigenvalue weighted by Crippen LogP contribution is 2.22. The van der Waals surface area contributed by atoms with Crippen LogP contribution in [0.5, 0.6) is 0 Å². The van der Waals surface area contributed by atoms with E-state index in [1.807, 2.05) is 11.8 Å². The molecule has 1 aromatic rings. The van der Waals surface area contributed by atoms with E-state index in [0.717, 1.165) is 6.04 Å². The molecule has 0 saturated heterocycles. The van der Waals surface area contributed by atoms with Crippen LogP contribution >= 0.6 is 11.8 Å². The monoisotopic (exact) mass is 277 g/mol. The van der Waals surface area contributed by atoms with Gasteiger partial charge in [-0.2, -0.15) is 0 Å². The third-order valence-electron chi connectivity index (χ3n) is 3.92. The van der Waals surface area contributed by atoms with E-state index < -0.39 is 0 Å². The van der Waals surface area contributed by atoms with Gasteiger partial charge in [-0.3, -0.25) is 0 Å². The van der Waals surface area contributed by atoms with Gasteiger partial charge in [-0.1, -0.05) is 38.8 Å². The van der Waals surface area contributed by atoms with Crippen LogP contribution < -0.4 is 5.32 Å². The van der Waals surface area contributed by atoms with Crippen molar-refractivity contribution in [2.45, 2.75) is 62.8 Å². The van der Waals surface area contributed by atoms with E-state index in [1.54, 1.807) is 0 Å². The van der Waals surface area contributed by atoms with Gasteiger partial charge >= 0.3 is 0 Å². The highest BCUT2D eigenvalue weighted by Gasteiger charge is 2.13. The summed E-state index contributed by atoms with van der Waals surface area (Å²) in [6.45, 7) is 5.68. The van der Waals surface area contributed by atoms with Gasteiger partial charge in [0.1, 0.15) is 0 Å². The van der Waals surface area contributed by atoms with Gasteiger partial charge in [0.25, 0.3) is 0 Å². The number of nitrogens with one attached hydrogen (secondary N) is 1. The number of hydrogen-bond acceptors (Lipinski definition) is 2. The van der Waals surface area contributed by atoms with Crippen molar-refractivity contribution < 1.29 is 0 Å². The number of hydrogen-bond donors (Lipinski definition) is 1. The zero-order valence-corrected chi connectivity index (χ0v) is 13.1. The van der Waals surface area contributed by atoms with Crippen LogP contribution in [0.4, 0.5) is 0 Å². The molecular weight excluding hydrogens is 250 g/mol. The molecule has 0 bridgehead atoms. The summed E-state index contributed by atoms with van der Waals surface area (Å²) in [7, 11) is 0. The lowest BCUT2D eigenvalue weighted by Gasteiger charge is -2.11. The minimum absolute atomic E-state index is 0.634. The second-order valence-corrected chi connectivity index (χ2v) is 7.03. The summed E-state index contributed by atoms with van der Waals surface area (Å²) in [4.78, 5) is 1.41. The first-order valence-electron chi connectivity index (χ1n) is 7.72. The van der Waals surface area contributed by atoms with Crippen molar-refractivity contribution in [1.29, 1.82) is 0 Å². The predicted molar refractivity (Wildman–Crippen MR) is 86.1 cm³/mol. The first-order chi connectivity index (χ1) is 9.25. The second-order valence-electron chi connectivity index (χ2n) is 5.86. The average Bonchev–Trinajstić information content (AvgIpc) is 2.92. The standard InChI is InChI=1S/C17H27NS/c1-14(2)15-8-10-17(11-9-15)19-13-5-12-18-16-6-3-4-7-16/h8-11,14,16,18H,3-7,12-13H2,1-2H3. The van der Waals surface area contributed by atoms with Crippen LogP contribution in [-0.4, -0.2) is 18.3 Å². The van der Waals surface area contributed by atoms with Gasteiger partial charge in [-0.15, -0.1) is 11.8 Å². The van der Waals surface area contributed by atoms with Crippen molar-refractivity contribution in [1.82, 2.24) is 5.32 Å². The lowest BCUT2D eigenvalue weighted by molar-refractivity contribution is 0.525. The Morgan fingerprint density at radius 1 is 1.16 bits per heavy atom. The maximum absolute atomic E-state index is 3.68. The van der Waals surface area contributed by atoms with Gasteiger partial charge in [-0.05, 0) is 55.2 Å². The molecule has 1 N–H and O–H groups in total. The third kappa shape index (κ3) is 5.19. The molecule has 2 rings (SSSR count). The molecule has 0 amide bonds. The van der Waals surface area contributed by atoms with Gasteiger partial charge in [0.05, 0.1) is 0 Å². The molecule has 0 atom stereocenters. The van der Waals surface area contributed by atoms with E-state index in [0.29, 0.717) is 5.92 Å². The van der Waals surface area contributed by atoms with Crippen LogP contribution in [0.3, 0.4) is 0 Å². The van der Waals surface area contributed by atoms with Crippen molar-refractivity contribution in [3.8, 4) is 0 Å². The molecule has 19 heavy (non-hydrogen) atoms. The molecule has 1 aliphatic carbocycles. The number of thioether (sulfide) groups is 1. The molecule has 0 unspecified atom stereocenters. The van der Waals surface area contributed by atoms with Gasteiger partial charge in [-0.25, -0.2) is 0 Å². The largest absolute Gasteiger partial charge is 0.314 e. The van der Waals surface area contributed by atoms with E-state index in [-0.39, 0.29) is 0 Å². The van der Waals surface area contributed by atoms with Crippen molar-refractivity contribution in [2.75, 3.05) is 12.3 Å². The summed E-state index contributed by atoms with van der Waals surface area (Å²) in [6, 6.07) is 9.89. The predicted octanol–water partition coefficient (Wildman–Crippen LogP) is 4.82. The second kappa shape index (κ2) is 7.96. The summed E-state index contributed by atoms with van der Waals surface area (Å²) in [5, 5.41) is 3.68. The molecule has 0 aliphatic heterocycles. The molecule has 1 fully saturated rings. The maximum atomic E-state index is 3.68. The Kier molecular flexibility index (Phi) is 6.25. The molecule has 1 aliphatic rings. The SMILES string of the molecule is CC(C)c1ccc(SCCCNC2CCCC2)cc1. The van der Waals surface area contributed by atoms with E-state index in [4.69, 9.17) is 0 Å². The quantitative estimate of drug-likeness (QED) is 0.566. The lowest BCUT2D eigenvalue weighted by Crippen LogP contribution is -2.27. The topological polar surface area (TPSA) is 12.0 Å². The molecule has 1 aromatic carbocycles. The minimum Gasteiger partial charge on any atom is -0.314 e. The Labute approximate surface area is 122 Å². The van der Waals surface area contributed by atoms with Crippen molar-refractivity contribution in [3.63, 3.8) is 0 Å². The summed E-state index contributed by atoms with van der Waals surface area (Å²) < 4.78 is 0. The summed E-state index contributed by atoms with van der Waals surface area (Å²) in [5.41, 5.74) is 1.44. The van der Waals surface area contributed by atoms with Crippen LogP contribution in [0.15, 0.2) is 29.2 Å². The molecular formula is C17H27NS. The van der Waals surface area contributed by atoms with E-state index >= 15 is 0 Å². The first kappa shape index (κ1) is 14.9.